The van der Waals surface area contributed by atoms with Crippen LogP contribution in [0.25, 0.3) is 0 Å². The van der Waals surface area contributed by atoms with Crippen molar-refractivity contribution in [2.75, 3.05) is 0 Å². The summed E-state index contributed by atoms with van der Waals surface area (Å²) in [4.78, 5) is 19.6. The highest BCUT2D eigenvalue weighted by Gasteiger charge is 2.10. The summed E-state index contributed by atoms with van der Waals surface area (Å²) in [6.07, 6.45) is 0. The first-order valence-corrected chi connectivity index (χ1v) is 3.86. The molecule has 0 aliphatic heterocycles. The van der Waals surface area contributed by atoms with Crippen molar-refractivity contribution < 1.29 is 9.85 Å². The van der Waals surface area contributed by atoms with Crippen LogP contribution in [0.15, 0.2) is 18.2 Å². The van der Waals surface area contributed by atoms with Gasteiger partial charge in [-0.15, -0.1) is 0 Å². The van der Waals surface area contributed by atoms with Gasteiger partial charge < -0.3 is 0 Å². The van der Waals surface area contributed by atoms with Crippen LogP contribution in [-0.2, 0) is 6.54 Å². The molecule has 0 aliphatic rings. The van der Waals surface area contributed by atoms with Crippen molar-refractivity contribution in [2.45, 2.75) is 13.5 Å². The molecule has 0 unspecified atom stereocenters. The Morgan fingerprint density at radius 3 is 2.36 bits per heavy atom. The Morgan fingerprint density at radius 2 is 1.93 bits per heavy atom. The zero-order valence-electron chi connectivity index (χ0n) is 7.47. The molecule has 0 aromatic heterocycles. The SMILES string of the molecule is Cc1cc([N+](=O)[O-])ccc1C[N+](=O)[O-]. The Labute approximate surface area is 79.5 Å². The highest BCUT2D eigenvalue weighted by Crippen LogP contribution is 2.17. The van der Waals surface area contributed by atoms with Crippen LogP contribution in [0.4, 0.5) is 5.69 Å². The van der Waals surface area contributed by atoms with E-state index in [2.05, 4.69) is 0 Å². The summed E-state index contributed by atoms with van der Waals surface area (Å²) in [5, 5.41) is 20.6. The second-order valence-corrected chi connectivity index (χ2v) is 2.86. The summed E-state index contributed by atoms with van der Waals surface area (Å²) in [5.74, 6) is 0. The maximum absolute atomic E-state index is 10.4. The first-order chi connectivity index (χ1) is 6.50. The molecule has 0 bridgehead atoms. The molecule has 14 heavy (non-hydrogen) atoms. The van der Waals surface area contributed by atoms with Crippen LogP contribution in [0.5, 0.6) is 0 Å². The van der Waals surface area contributed by atoms with Gasteiger partial charge >= 0.3 is 0 Å². The number of aryl methyl sites for hydroxylation is 1. The van der Waals surface area contributed by atoms with Crippen molar-refractivity contribution in [3.05, 3.63) is 49.6 Å². The van der Waals surface area contributed by atoms with Gasteiger partial charge in [0.2, 0.25) is 6.54 Å². The lowest BCUT2D eigenvalue weighted by atomic mass is 10.1. The molecule has 1 rings (SSSR count). The predicted octanol–water partition coefficient (Wildman–Crippen LogP) is 1.68. The van der Waals surface area contributed by atoms with Gasteiger partial charge in [0.1, 0.15) is 0 Å². The van der Waals surface area contributed by atoms with Gasteiger partial charge in [0.25, 0.3) is 5.69 Å². The summed E-state index contributed by atoms with van der Waals surface area (Å²) in [6.45, 7) is 1.32. The Kier molecular flexibility index (Phi) is 2.76. The van der Waals surface area contributed by atoms with Crippen molar-refractivity contribution in [1.29, 1.82) is 0 Å². The maximum Gasteiger partial charge on any atom is 0.269 e. The third-order valence-electron chi connectivity index (χ3n) is 1.84. The summed E-state index contributed by atoms with van der Waals surface area (Å²) in [6, 6.07) is 4.01. The molecule has 0 saturated carbocycles. The third-order valence-corrected chi connectivity index (χ3v) is 1.84. The summed E-state index contributed by atoms with van der Waals surface area (Å²) < 4.78 is 0. The number of nitro benzene ring substituents is 1. The minimum atomic E-state index is -0.525. The Hall–Kier alpha value is -1.98. The molecule has 0 heterocycles. The number of rotatable bonds is 3. The monoisotopic (exact) mass is 196 g/mol. The molecule has 1 aromatic carbocycles. The molecule has 0 saturated heterocycles. The predicted molar refractivity (Wildman–Crippen MR) is 48.5 cm³/mol. The summed E-state index contributed by atoms with van der Waals surface area (Å²) in [7, 11) is 0. The van der Waals surface area contributed by atoms with Crippen LogP contribution in [0.3, 0.4) is 0 Å². The molecule has 0 N–H and O–H groups in total. The van der Waals surface area contributed by atoms with Gasteiger partial charge in [0.15, 0.2) is 0 Å². The van der Waals surface area contributed by atoms with E-state index in [1.807, 2.05) is 0 Å². The van der Waals surface area contributed by atoms with E-state index >= 15 is 0 Å². The number of non-ortho nitro benzene ring substituents is 1. The van der Waals surface area contributed by atoms with Gasteiger partial charge in [-0.3, -0.25) is 20.2 Å². The molecular formula is C8H8N2O4. The van der Waals surface area contributed by atoms with E-state index in [1.54, 1.807) is 6.92 Å². The molecule has 6 nitrogen and oxygen atoms in total. The highest BCUT2D eigenvalue weighted by molar-refractivity contribution is 5.38. The number of hydrogen-bond donors (Lipinski definition) is 0. The van der Waals surface area contributed by atoms with Crippen molar-refractivity contribution in [1.82, 2.24) is 0 Å². The fourth-order valence-corrected chi connectivity index (χ4v) is 1.11. The van der Waals surface area contributed by atoms with Crippen molar-refractivity contribution in [2.24, 2.45) is 0 Å². The largest absolute Gasteiger partial charge is 0.269 e. The fraction of sp³-hybridized carbons (Fsp3) is 0.250. The van der Waals surface area contributed by atoms with E-state index < -0.39 is 9.85 Å². The molecule has 0 amide bonds. The van der Waals surface area contributed by atoms with Crippen LogP contribution in [0, 0.1) is 27.2 Å². The van der Waals surface area contributed by atoms with E-state index in [-0.39, 0.29) is 12.2 Å². The number of hydrogen-bond acceptors (Lipinski definition) is 4. The quantitative estimate of drug-likeness (QED) is 0.543. The van der Waals surface area contributed by atoms with Gasteiger partial charge in [-0.05, 0) is 18.6 Å². The van der Waals surface area contributed by atoms with Crippen molar-refractivity contribution in [3.63, 3.8) is 0 Å². The molecule has 1 aromatic rings. The van der Waals surface area contributed by atoms with Gasteiger partial charge in [0, 0.05) is 22.6 Å². The molecule has 0 fully saturated rings. The number of benzene rings is 1. The van der Waals surface area contributed by atoms with E-state index in [4.69, 9.17) is 0 Å². The first-order valence-electron chi connectivity index (χ1n) is 3.86. The van der Waals surface area contributed by atoms with E-state index in [0.717, 1.165) is 0 Å². The Bertz CT molecular complexity index is 389. The average Bonchev–Trinajstić information content (AvgIpc) is 2.07. The number of nitro groups is 2. The molecule has 0 radical (unpaired) electrons. The molecule has 0 aliphatic carbocycles. The smallest absolute Gasteiger partial charge is 0.264 e. The average molecular weight is 196 g/mol. The molecule has 0 atom stereocenters. The molecular weight excluding hydrogens is 188 g/mol. The Morgan fingerprint density at radius 1 is 1.29 bits per heavy atom. The van der Waals surface area contributed by atoms with Gasteiger partial charge in [-0.2, -0.15) is 0 Å². The maximum atomic E-state index is 10.4. The lowest BCUT2D eigenvalue weighted by Crippen LogP contribution is -2.01. The van der Waals surface area contributed by atoms with Crippen LogP contribution < -0.4 is 0 Å². The highest BCUT2D eigenvalue weighted by atomic mass is 16.6. The van der Waals surface area contributed by atoms with Crippen molar-refractivity contribution >= 4 is 5.69 Å². The lowest BCUT2D eigenvalue weighted by Gasteiger charge is -1.99. The fourth-order valence-electron chi connectivity index (χ4n) is 1.11. The second kappa shape index (κ2) is 3.82. The van der Waals surface area contributed by atoms with E-state index in [0.29, 0.717) is 11.1 Å². The first kappa shape index (κ1) is 10.1. The Balaban J connectivity index is 3.01. The van der Waals surface area contributed by atoms with E-state index in [1.165, 1.54) is 18.2 Å². The molecule has 74 valence electrons. The van der Waals surface area contributed by atoms with Gasteiger partial charge in [-0.1, -0.05) is 0 Å². The van der Waals surface area contributed by atoms with Crippen molar-refractivity contribution in [3.8, 4) is 0 Å². The third kappa shape index (κ3) is 2.25. The van der Waals surface area contributed by atoms with E-state index in [9.17, 15) is 20.2 Å². The normalized spacial score (nSPS) is 9.79. The van der Waals surface area contributed by atoms with Gasteiger partial charge in [0.05, 0.1) is 4.92 Å². The number of nitrogens with zero attached hydrogens (tertiary/aromatic N) is 2. The minimum absolute atomic E-state index is 0.0467. The minimum Gasteiger partial charge on any atom is -0.264 e. The molecule has 0 spiro atoms. The lowest BCUT2D eigenvalue weighted by molar-refractivity contribution is -0.496. The summed E-state index contributed by atoms with van der Waals surface area (Å²) >= 11 is 0. The second-order valence-electron chi connectivity index (χ2n) is 2.86. The summed E-state index contributed by atoms with van der Waals surface area (Å²) in [5.41, 5.74) is 1.02. The van der Waals surface area contributed by atoms with Crippen LogP contribution in [0.2, 0.25) is 0 Å². The zero-order valence-corrected chi connectivity index (χ0v) is 7.47. The van der Waals surface area contributed by atoms with Crippen LogP contribution in [0.1, 0.15) is 11.1 Å². The van der Waals surface area contributed by atoms with Crippen LogP contribution >= 0.6 is 0 Å². The standard InChI is InChI=1S/C8H8N2O4/c1-6-4-8(10(13)14)3-2-7(6)5-9(11)12/h2-4H,5H2,1H3. The molecule has 6 heteroatoms. The van der Waals surface area contributed by atoms with Gasteiger partial charge in [-0.25, -0.2) is 0 Å². The van der Waals surface area contributed by atoms with Crippen LogP contribution in [-0.4, -0.2) is 9.85 Å². The zero-order chi connectivity index (χ0) is 10.7. The topological polar surface area (TPSA) is 86.3 Å².